The van der Waals surface area contributed by atoms with Gasteiger partial charge in [-0.2, -0.15) is 9.97 Å². The highest BCUT2D eigenvalue weighted by Gasteiger charge is 2.50. The molecule has 2 unspecified atom stereocenters. The van der Waals surface area contributed by atoms with Gasteiger partial charge in [-0.3, -0.25) is 46.8 Å². The summed E-state index contributed by atoms with van der Waals surface area (Å²) in [5.41, 5.74) is 9.62. The number of phosphoric ester groups is 2. The number of aliphatic hydroxyl groups excluding tert-OH is 2. The van der Waals surface area contributed by atoms with Crippen molar-refractivity contribution < 1.29 is 56.7 Å². The zero-order chi connectivity index (χ0) is 33.8. The van der Waals surface area contributed by atoms with Crippen LogP contribution in [0.5, 0.6) is 0 Å². The van der Waals surface area contributed by atoms with Crippen molar-refractivity contribution in [3.05, 3.63) is 33.4 Å². The summed E-state index contributed by atoms with van der Waals surface area (Å²) in [4.78, 5) is 65.1. The zero-order valence-electron chi connectivity index (χ0n) is 23.9. The molecule has 10 N–H and O–H groups in total. The average molecular weight is 706 g/mol. The number of aromatic amines is 2. The largest absolute Gasteiger partial charge is 0.472 e. The van der Waals surface area contributed by atoms with E-state index < -0.39 is 83.0 Å². The molecule has 0 saturated carbocycles. The van der Waals surface area contributed by atoms with Gasteiger partial charge in [0.1, 0.15) is 24.4 Å². The molecule has 0 bridgehead atoms. The number of nitrogens with one attached hydrogen (secondary N) is 2. The molecule has 0 aromatic carbocycles. The Balaban J connectivity index is 1.17. The Morgan fingerprint density at radius 1 is 0.915 bits per heavy atom. The molecule has 0 amide bonds. The monoisotopic (exact) mass is 706 g/mol. The average Bonchev–Trinajstić information content (AvgIpc) is 3.76. The highest BCUT2D eigenvalue weighted by atomic mass is 31.2. The van der Waals surface area contributed by atoms with Crippen LogP contribution < -0.4 is 22.6 Å². The lowest BCUT2D eigenvalue weighted by Gasteiger charge is -2.24. The maximum atomic E-state index is 13.1. The van der Waals surface area contributed by atoms with E-state index in [-0.39, 0.29) is 40.6 Å². The normalized spacial score (nSPS) is 29.0. The maximum Gasteiger partial charge on any atom is 0.472 e. The van der Waals surface area contributed by atoms with Crippen molar-refractivity contribution >= 4 is 49.9 Å². The van der Waals surface area contributed by atoms with Crippen molar-refractivity contribution in [1.29, 1.82) is 0 Å². The van der Waals surface area contributed by atoms with Crippen LogP contribution in [0.25, 0.3) is 22.3 Å². The summed E-state index contributed by atoms with van der Waals surface area (Å²) in [6, 6.07) is 0. The Bertz CT molecular complexity index is 2010. The molecular weight excluding hydrogens is 678 g/mol. The highest BCUT2D eigenvalue weighted by Crippen LogP contribution is 2.50. The van der Waals surface area contributed by atoms with Crippen molar-refractivity contribution in [3.63, 3.8) is 0 Å². The van der Waals surface area contributed by atoms with E-state index in [2.05, 4.69) is 34.4 Å². The lowest BCUT2D eigenvalue weighted by molar-refractivity contribution is -0.0558. The van der Waals surface area contributed by atoms with Crippen LogP contribution in [0.4, 0.5) is 11.9 Å². The number of ether oxygens (including phenoxy) is 2. The van der Waals surface area contributed by atoms with Crippen molar-refractivity contribution in [2.45, 2.75) is 49.4 Å². The summed E-state index contributed by atoms with van der Waals surface area (Å²) in [7, 11) is -8.78. The van der Waals surface area contributed by atoms with Crippen LogP contribution in [0.1, 0.15) is 18.9 Å². The van der Waals surface area contributed by atoms with Gasteiger partial charge in [0.15, 0.2) is 34.8 Å². The molecule has 47 heavy (non-hydrogen) atoms. The Morgan fingerprint density at radius 3 is 2.04 bits per heavy atom. The van der Waals surface area contributed by atoms with Crippen molar-refractivity contribution in [2.24, 2.45) is 0 Å². The van der Waals surface area contributed by atoms with Gasteiger partial charge in [-0.05, 0) is 0 Å². The minimum Gasteiger partial charge on any atom is -0.388 e. The number of nitrogen functional groups attached to an aromatic ring is 2. The summed E-state index contributed by atoms with van der Waals surface area (Å²) in [5.74, 6) is -0.478. The van der Waals surface area contributed by atoms with Crippen LogP contribution in [0.3, 0.4) is 0 Å². The smallest absolute Gasteiger partial charge is 0.388 e. The number of hydrogen-bond donors (Lipinski definition) is 8. The van der Waals surface area contributed by atoms with E-state index in [1.807, 2.05) is 0 Å². The van der Waals surface area contributed by atoms with Crippen LogP contribution in [-0.4, -0.2) is 110 Å². The number of H-pyrrole nitrogens is 2. The Hall–Kier alpha value is -3.64. The van der Waals surface area contributed by atoms with Gasteiger partial charge in [0.05, 0.1) is 32.0 Å². The molecule has 0 spiro atoms. The number of aromatic nitrogens is 8. The van der Waals surface area contributed by atoms with E-state index in [1.165, 1.54) is 10.9 Å². The van der Waals surface area contributed by atoms with Crippen LogP contribution in [-0.2, 0) is 36.7 Å². The van der Waals surface area contributed by atoms with Crippen LogP contribution >= 0.6 is 15.6 Å². The number of phosphoric acid groups is 2. The van der Waals surface area contributed by atoms with Crippen molar-refractivity contribution in [2.75, 3.05) is 31.8 Å². The minimum absolute atomic E-state index is 0.0279. The molecule has 2 saturated heterocycles. The second-order valence-corrected chi connectivity index (χ2v) is 13.3. The number of hydrogen-bond acceptors (Lipinski definition) is 18. The summed E-state index contributed by atoms with van der Waals surface area (Å²) in [6.45, 7) is -1.39. The molecule has 0 aliphatic carbocycles. The fourth-order valence-corrected chi connectivity index (χ4v) is 6.57. The van der Waals surface area contributed by atoms with E-state index >= 15 is 0 Å². The highest BCUT2D eigenvalue weighted by molar-refractivity contribution is 7.47. The third kappa shape index (κ3) is 6.59. The summed E-state index contributed by atoms with van der Waals surface area (Å²) in [6.07, 6.45) is -7.64. The molecule has 6 heterocycles. The van der Waals surface area contributed by atoms with Gasteiger partial charge in [0, 0.05) is 13.5 Å². The Morgan fingerprint density at radius 2 is 1.47 bits per heavy atom. The first-order valence-electron chi connectivity index (χ1n) is 13.5. The number of imidazole rings is 2. The number of nitrogens with two attached hydrogens (primary N) is 2. The fourth-order valence-electron chi connectivity index (χ4n) is 5.14. The molecular formula is C21H28N10O14P2. The van der Waals surface area contributed by atoms with Gasteiger partial charge in [-0.15, -0.1) is 0 Å². The van der Waals surface area contributed by atoms with Gasteiger partial charge in [0.2, 0.25) is 11.9 Å². The maximum absolute atomic E-state index is 13.1. The first kappa shape index (κ1) is 33.3. The molecule has 4 aromatic heterocycles. The predicted molar refractivity (Wildman–Crippen MR) is 153 cm³/mol. The van der Waals surface area contributed by atoms with Crippen molar-refractivity contribution in [1.82, 2.24) is 39.0 Å². The predicted octanol–water partition coefficient (Wildman–Crippen LogP) is -2.41. The second kappa shape index (κ2) is 12.4. The first-order chi connectivity index (χ1) is 22.2. The van der Waals surface area contributed by atoms with E-state index in [4.69, 9.17) is 34.5 Å². The lowest BCUT2D eigenvalue weighted by atomic mass is 10.1. The van der Waals surface area contributed by atoms with Gasteiger partial charge in [0.25, 0.3) is 11.1 Å². The fraction of sp³-hybridized carbons (Fsp3) is 0.524. The number of aliphatic hydroxyl groups is 2. The summed E-state index contributed by atoms with van der Waals surface area (Å²) < 4.78 is 58.5. The van der Waals surface area contributed by atoms with Gasteiger partial charge >= 0.3 is 15.6 Å². The number of rotatable bonds is 11. The molecule has 9 atom stereocenters. The van der Waals surface area contributed by atoms with Gasteiger partial charge in [-0.1, -0.05) is 0 Å². The first-order valence-corrected chi connectivity index (χ1v) is 16.5. The van der Waals surface area contributed by atoms with Crippen LogP contribution in [0.2, 0.25) is 0 Å². The van der Waals surface area contributed by atoms with E-state index in [9.17, 15) is 38.7 Å². The molecule has 2 aliphatic rings. The third-order valence-corrected chi connectivity index (χ3v) is 9.16. The molecule has 2 aliphatic heterocycles. The topological polar surface area (TPSA) is 350 Å². The quantitative estimate of drug-likeness (QED) is 0.0753. The van der Waals surface area contributed by atoms with Crippen LogP contribution in [0.15, 0.2) is 22.2 Å². The summed E-state index contributed by atoms with van der Waals surface area (Å²) in [5, 5.41) is 21.8. The number of nitrogens with zero attached hydrogens (tertiary/aromatic N) is 6. The standard InChI is InChI=1S/C21H28N10O14P2/c1-40-46(36,37)42-4-9-13(12(33)19(44-9)31-6-25-11-15(31)27-21(23)29-17(11)35)45-47(38,39)41-3-7-2-8(32)18(43-7)30-5-24-10-14(30)26-20(22)28-16(10)34/h5-9,12-13,18-19,32-33H,2-4H2,1H3,(H,36,37)(H,38,39)(H3,22,26,28,34)(H3,23,27,29,35)/t7-,8+,9+,12+,13+,18+,19+/m0/s1. The molecule has 26 heteroatoms. The van der Waals surface area contributed by atoms with E-state index in [0.29, 0.717) is 0 Å². The van der Waals surface area contributed by atoms with Crippen LogP contribution in [0, 0.1) is 0 Å². The Labute approximate surface area is 260 Å². The SMILES string of the molecule is COP(=O)(O)OC[C@H]1O[C@@H](n2cnc3c(=O)[nH]c(N)nc32)[C@H](O)[C@@H]1OP(=O)(O)OC[C@@H]1C[C@@H](O)[C@H](n2cnc3c(=O)[nH]c(N)nc32)O1. The number of fused-ring (bicyclic) bond motifs is 2. The molecule has 256 valence electrons. The van der Waals surface area contributed by atoms with E-state index in [0.717, 1.165) is 18.0 Å². The third-order valence-electron chi connectivity index (χ3n) is 7.24. The molecule has 6 rings (SSSR count). The second-order valence-electron chi connectivity index (χ2n) is 10.3. The summed E-state index contributed by atoms with van der Waals surface area (Å²) >= 11 is 0. The molecule has 0 radical (unpaired) electrons. The minimum atomic E-state index is -5.09. The number of anilines is 2. The van der Waals surface area contributed by atoms with Crippen molar-refractivity contribution in [3.8, 4) is 0 Å². The molecule has 24 nitrogen and oxygen atoms in total. The Kier molecular flexibility index (Phi) is 8.80. The molecule has 2 fully saturated rings. The molecule has 4 aromatic rings. The van der Waals surface area contributed by atoms with Gasteiger partial charge < -0.3 is 40.9 Å². The van der Waals surface area contributed by atoms with Gasteiger partial charge in [-0.25, -0.2) is 19.1 Å². The van der Waals surface area contributed by atoms with E-state index in [1.54, 1.807) is 0 Å². The zero-order valence-corrected chi connectivity index (χ0v) is 25.7. The lowest BCUT2D eigenvalue weighted by Crippen LogP contribution is -2.36.